The fourth-order valence-corrected chi connectivity index (χ4v) is 4.33. The summed E-state index contributed by atoms with van der Waals surface area (Å²) in [6.07, 6.45) is -2.78. The highest BCUT2D eigenvalue weighted by atomic mass is 35.5. The topological polar surface area (TPSA) is 130 Å². The smallest absolute Gasteiger partial charge is 0.433 e. The predicted octanol–water partition coefficient (Wildman–Crippen LogP) is 4.54. The molecule has 0 aliphatic carbocycles. The van der Waals surface area contributed by atoms with E-state index in [0.29, 0.717) is 11.4 Å². The maximum Gasteiger partial charge on any atom is 0.433 e. The Morgan fingerprint density at radius 3 is 2.51 bits per heavy atom. The van der Waals surface area contributed by atoms with E-state index in [0.717, 1.165) is 18.5 Å². The first-order valence-corrected chi connectivity index (χ1v) is 14.0. The molecule has 1 heterocycles. The molecule has 2 N–H and O–H groups in total. The van der Waals surface area contributed by atoms with Gasteiger partial charge in [-0.3, -0.25) is 14.8 Å². The van der Waals surface area contributed by atoms with Crippen LogP contribution in [0.5, 0.6) is 5.75 Å². The highest BCUT2D eigenvalue weighted by Gasteiger charge is 2.33. The second kappa shape index (κ2) is 13.0. The normalized spacial score (nSPS) is 11.5. The molecular weight excluding hydrogens is 587 g/mol. The molecule has 41 heavy (non-hydrogen) atoms. The number of pyridine rings is 1. The van der Waals surface area contributed by atoms with Crippen LogP contribution >= 0.6 is 11.6 Å². The van der Waals surface area contributed by atoms with E-state index in [2.05, 4.69) is 22.0 Å². The van der Waals surface area contributed by atoms with Crippen molar-refractivity contribution in [1.29, 1.82) is 0 Å². The van der Waals surface area contributed by atoms with Gasteiger partial charge < -0.3 is 15.0 Å². The van der Waals surface area contributed by atoms with E-state index in [1.54, 1.807) is 29.0 Å². The number of ether oxygens (including phenoxy) is 1. The number of halogens is 4. The van der Waals surface area contributed by atoms with Crippen LogP contribution in [-0.2, 0) is 22.7 Å². The van der Waals surface area contributed by atoms with Gasteiger partial charge in [-0.05, 0) is 48.7 Å². The van der Waals surface area contributed by atoms with E-state index < -0.39 is 33.8 Å². The first-order valence-electron chi connectivity index (χ1n) is 11.7. The fourth-order valence-electron chi connectivity index (χ4n) is 3.70. The summed E-state index contributed by atoms with van der Waals surface area (Å²) in [5, 5.41) is 2.52. The molecule has 15 heteroatoms. The van der Waals surface area contributed by atoms with Gasteiger partial charge in [-0.25, -0.2) is 17.9 Å². The number of rotatable bonds is 10. The number of carbonyl (C=O) groups is 2. The van der Waals surface area contributed by atoms with Crippen molar-refractivity contribution in [1.82, 2.24) is 15.0 Å². The average molecular weight is 612 g/mol. The van der Waals surface area contributed by atoms with Gasteiger partial charge in [0.1, 0.15) is 18.1 Å². The van der Waals surface area contributed by atoms with Gasteiger partial charge in [0.25, 0.3) is 5.91 Å². The molecule has 218 valence electrons. The van der Waals surface area contributed by atoms with Crippen LogP contribution in [0, 0.1) is 0 Å². The minimum atomic E-state index is -4.66. The Hall–Kier alpha value is -4.17. The molecule has 0 aliphatic heterocycles. The van der Waals surface area contributed by atoms with Gasteiger partial charge in [0.05, 0.1) is 25.0 Å². The summed E-state index contributed by atoms with van der Waals surface area (Å²) in [6, 6.07) is 10.9. The second-order valence-corrected chi connectivity index (χ2v) is 10.8. The lowest BCUT2D eigenvalue weighted by Crippen LogP contribution is -2.40. The number of alkyl halides is 3. The van der Waals surface area contributed by atoms with Gasteiger partial charge in [0, 0.05) is 35.0 Å². The number of hydrogen-bond donors (Lipinski definition) is 2. The molecule has 3 amide bonds. The minimum Gasteiger partial charge on any atom is -0.490 e. The van der Waals surface area contributed by atoms with Crippen LogP contribution in [0.25, 0.3) is 11.1 Å². The van der Waals surface area contributed by atoms with Crippen molar-refractivity contribution in [2.75, 3.05) is 31.4 Å². The van der Waals surface area contributed by atoms with Gasteiger partial charge >= 0.3 is 12.2 Å². The van der Waals surface area contributed by atoms with Crippen molar-refractivity contribution < 1.29 is 35.9 Å². The zero-order valence-corrected chi connectivity index (χ0v) is 23.4. The van der Waals surface area contributed by atoms with E-state index in [-0.39, 0.29) is 47.0 Å². The summed E-state index contributed by atoms with van der Waals surface area (Å²) in [7, 11) is -2.21. The molecule has 3 aromatic rings. The number of nitrogens with one attached hydrogen (secondary N) is 2. The van der Waals surface area contributed by atoms with Crippen molar-refractivity contribution in [2.45, 2.75) is 12.7 Å². The number of para-hydroxylation sites is 2. The number of aromatic nitrogens is 1. The Balaban J connectivity index is 1.83. The standard InChI is InChI=1S/C26H25ClF3N5O5S/c1-31-14-17-13-23(26(28,29)30)33-15-19(17)18-12-16(8-9-20(18)27)24(36)35(2)21-6-4-5-7-22(21)40-11-10-32-25(37)34-41(3,38)39/h4-9,12-13,15H,1,10-11,14H2,2-3H3,(H2,32,34,37). The third kappa shape index (κ3) is 8.41. The molecule has 0 bridgehead atoms. The van der Waals surface area contributed by atoms with Crippen LogP contribution in [0.15, 0.2) is 59.7 Å². The summed E-state index contributed by atoms with van der Waals surface area (Å²) >= 11 is 6.38. The summed E-state index contributed by atoms with van der Waals surface area (Å²) in [4.78, 5) is 33.6. The van der Waals surface area contributed by atoms with Crippen molar-refractivity contribution in [3.05, 3.63) is 76.6 Å². The second-order valence-electron chi connectivity index (χ2n) is 8.61. The largest absolute Gasteiger partial charge is 0.490 e. The fraction of sp³-hybridized carbons (Fsp3) is 0.231. The third-order valence-corrected chi connectivity index (χ3v) is 6.41. The zero-order chi connectivity index (χ0) is 30.4. The Morgan fingerprint density at radius 1 is 1.15 bits per heavy atom. The van der Waals surface area contributed by atoms with Crippen molar-refractivity contribution >= 4 is 46.0 Å². The minimum absolute atomic E-state index is 0.0308. The van der Waals surface area contributed by atoms with E-state index >= 15 is 0 Å². The van der Waals surface area contributed by atoms with E-state index in [9.17, 15) is 31.2 Å². The lowest BCUT2D eigenvalue weighted by molar-refractivity contribution is -0.141. The number of urea groups is 1. The molecule has 3 rings (SSSR count). The van der Waals surface area contributed by atoms with E-state index in [4.69, 9.17) is 16.3 Å². The van der Waals surface area contributed by atoms with Gasteiger partial charge in [-0.1, -0.05) is 23.7 Å². The highest BCUT2D eigenvalue weighted by Crippen LogP contribution is 2.36. The number of hydrogen-bond acceptors (Lipinski definition) is 7. The van der Waals surface area contributed by atoms with Crippen LogP contribution in [0.1, 0.15) is 21.6 Å². The third-order valence-electron chi connectivity index (χ3n) is 5.52. The van der Waals surface area contributed by atoms with Crippen molar-refractivity contribution in [2.24, 2.45) is 4.99 Å². The molecule has 1 aromatic heterocycles. The summed E-state index contributed by atoms with van der Waals surface area (Å²) in [5.41, 5.74) is 0.198. The predicted molar refractivity (Wildman–Crippen MR) is 149 cm³/mol. The molecule has 0 aliphatic rings. The molecular formula is C26H25ClF3N5O5S. The Labute approximate surface area is 239 Å². The van der Waals surface area contributed by atoms with Gasteiger partial charge in [0.15, 0.2) is 0 Å². The highest BCUT2D eigenvalue weighted by molar-refractivity contribution is 7.89. The van der Waals surface area contributed by atoms with Crippen molar-refractivity contribution in [3.63, 3.8) is 0 Å². The molecule has 0 fully saturated rings. The van der Waals surface area contributed by atoms with Crippen LogP contribution < -0.4 is 19.7 Å². The number of aliphatic imine (C=N–C) groups is 1. The SMILES string of the molecule is C=NCc1cc(C(F)(F)F)ncc1-c1cc(C(=O)N(C)c2ccccc2OCCNC(=O)NS(C)(=O)=O)ccc1Cl. The van der Waals surface area contributed by atoms with Crippen molar-refractivity contribution in [3.8, 4) is 16.9 Å². The van der Waals surface area contributed by atoms with Gasteiger partial charge in [-0.15, -0.1) is 0 Å². The molecule has 0 saturated heterocycles. The maximum atomic E-state index is 13.5. The molecule has 0 atom stereocenters. The van der Waals surface area contributed by atoms with Crippen LogP contribution in [-0.4, -0.2) is 58.5 Å². The first kappa shape index (κ1) is 31.4. The Morgan fingerprint density at radius 2 is 1.85 bits per heavy atom. The number of nitrogens with zero attached hydrogens (tertiary/aromatic N) is 3. The maximum absolute atomic E-state index is 13.5. The number of amides is 3. The van der Waals surface area contributed by atoms with Gasteiger partial charge in [0.2, 0.25) is 10.0 Å². The monoisotopic (exact) mass is 611 g/mol. The first-order chi connectivity index (χ1) is 19.2. The van der Waals surface area contributed by atoms with Crippen LogP contribution in [0.2, 0.25) is 5.02 Å². The summed E-state index contributed by atoms with van der Waals surface area (Å²) in [5.74, 6) is -0.179. The molecule has 2 aromatic carbocycles. The van der Waals surface area contributed by atoms with Crippen LogP contribution in [0.4, 0.5) is 23.7 Å². The van der Waals surface area contributed by atoms with E-state index in [1.807, 2.05) is 0 Å². The Bertz CT molecular complexity index is 1570. The average Bonchev–Trinajstić information content (AvgIpc) is 2.89. The lowest BCUT2D eigenvalue weighted by atomic mass is 9.98. The van der Waals surface area contributed by atoms with Crippen LogP contribution in [0.3, 0.4) is 0 Å². The summed E-state index contributed by atoms with van der Waals surface area (Å²) in [6.45, 7) is 3.16. The molecule has 0 saturated carbocycles. The number of sulfonamides is 1. The number of carbonyl (C=O) groups excluding carboxylic acids is 2. The molecule has 0 radical (unpaired) electrons. The van der Waals surface area contributed by atoms with E-state index in [1.165, 1.54) is 30.1 Å². The molecule has 0 spiro atoms. The number of anilines is 1. The molecule has 0 unspecified atom stereocenters. The summed E-state index contributed by atoms with van der Waals surface area (Å²) < 4.78 is 69.4. The quantitative estimate of drug-likeness (QED) is 0.256. The number of benzene rings is 2. The lowest BCUT2D eigenvalue weighted by Gasteiger charge is -2.21. The Kier molecular flexibility index (Phi) is 9.94. The van der Waals surface area contributed by atoms with Gasteiger partial charge in [-0.2, -0.15) is 13.2 Å². The zero-order valence-electron chi connectivity index (χ0n) is 21.8. The molecule has 10 nitrogen and oxygen atoms in total.